The second-order valence-corrected chi connectivity index (χ2v) is 4.42. The van der Waals surface area contributed by atoms with E-state index in [1.54, 1.807) is 23.1 Å². The molecular weight excluding hydrogens is 260 g/mol. The minimum Gasteiger partial charge on any atom is -0.478 e. The Balaban J connectivity index is 2.11. The van der Waals surface area contributed by atoms with E-state index in [-0.39, 0.29) is 5.91 Å². The van der Waals surface area contributed by atoms with Crippen LogP contribution in [0.5, 0.6) is 0 Å². The molecule has 1 aromatic rings. The number of fused-ring (bicyclic) bond motifs is 1. The van der Waals surface area contributed by atoms with Gasteiger partial charge in [0, 0.05) is 37.0 Å². The maximum absolute atomic E-state index is 11.5. The third-order valence-corrected chi connectivity index (χ3v) is 3.00. The van der Waals surface area contributed by atoms with Gasteiger partial charge >= 0.3 is 5.97 Å². The van der Waals surface area contributed by atoms with Gasteiger partial charge in [0.2, 0.25) is 11.8 Å². The molecule has 0 atom stereocenters. The summed E-state index contributed by atoms with van der Waals surface area (Å²) in [6.45, 7) is 2.16. The molecule has 1 aliphatic heterocycles. The standard InChI is InChI=1S/C14H14N2O4/c1-9(17)16-7-6-10-8-11(2-3-12(10)16)15-13(18)4-5-14(19)20/h2-5,8H,6-7H2,1H3,(H,15,18)(H,19,20). The monoisotopic (exact) mass is 274 g/mol. The van der Waals surface area contributed by atoms with E-state index >= 15 is 0 Å². The lowest BCUT2D eigenvalue weighted by Gasteiger charge is -2.14. The van der Waals surface area contributed by atoms with Crippen LogP contribution >= 0.6 is 0 Å². The number of carbonyl (C=O) groups is 3. The maximum Gasteiger partial charge on any atom is 0.328 e. The Morgan fingerprint density at radius 1 is 1.30 bits per heavy atom. The van der Waals surface area contributed by atoms with Crippen molar-refractivity contribution in [2.24, 2.45) is 0 Å². The molecule has 1 aliphatic rings. The van der Waals surface area contributed by atoms with Gasteiger partial charge in [0.15, 0.2) is 0 Å². The number of amides is 2. The molecule has 2 N–H and O–H groups in total. The van der Waals surface area contributed by atoms with E-state index in [1.807, 2.05) is 0 Å². The first-order chi connectivity index (χ1) is 9.47. The van der Waals surface area contributed by atoms with Crippen LogP contribution in [0.3, 0.4) is 0 Å². The SMILES string of the molecule is CC(=O)N1CCc2cc(NC(=O)C=CC(=O)O)ccc21. The summed E-state index contributed by atoms with van der Waals surface area (Å²) < 4.78 is 0. The Kier molecular flexibility index (Phi) is 3.84. The van der Waals surface area contributed by atoms with Crippen LogP contribution in [0.25, 0.3) is 0 Å². The van der Waals surface area contributed by atoms with Gasteiger partial charge in [0.1, 0.15) is 0 Å². The van der Waals surface area contributed by atoms with E-state index in [0.717, 1.165) is 29.8 Å². The zero-order valence-electron chi connectivity index (χ0n) is 10.9. The fourth-order valence-corrected chi connectivity index (χ4v) is 2.14. The number of carboxylic acids is 1. The van der Waals surface area contributed by atoms with E-state index in [0.29, 0.717) is 12.2 Å². The van der Waals surface area contributed by atoms with E-state index in [4.69, 9.17) is 5.11 Å². The first kappa shape index (κ1) is 13.8. The summed E-state index contributed by atoms with van der Waals surface area (Å²) in [4.78, 5) is 34.9. The summed E-state index contributed by atoms with van der Waals surface area (Å²) in [7, 11) is 0. The third-order valence-electron chi connectivity index (χ3n) is 3.00. The minimum atomic E-state index is -1.17. The van der Waals surface area contributed by atoms with Crippen LogP contribution in [0.15, 0.2) is 30.4 Å². The van der Waals surface area contributed by atoms with Crippen LogP contribution in [-0.2, 0) is 20.8 Å². The van der Waals surface area contributed by atoms with Crippen molar-refractivity contribution < 1.29 is 19.5 Å². The number of aliphatic carboxylic acids is 1. The summed E-state index contributed by atoms with van der Waals surface area (Å²) in [5.74, 6) is -1.69. The summed E-state index contributed by atoms with van der Waals surface area (Å²) in [6, 6.07) is 5.26. The topological polar surface area (TPSA) is 86.7 Å². The number of anilines is 2. The first-order valence-corrected chi connectivity index (χ1v) is 6.10. The zero-order chi connectivity index (χ0) is 14.7. The molecule has 104 valence electrons. The summed E-state index contributed by atoms with van der Waals surface area (Å²) >= 11 is 0. The van der Waals surface area contributed by atoms with Crippen molar-refractivity contribution in [1.29, 1.82) is 0 Å². The predicted molar refractivity (Wildman–Crippen MR) is 73.6 cm³/mol. The van der Waals surface area contributed by atoms with Crippen molar-refractivity contribution in [3.05, 3.63) is 35.9 Å². The third kappa shape index (κ3) is 3.03. The lowest BCUT2D eigenvalue weighted by atomic mass is 10.1. The van der Waals surface area contributed by atoms with Gasteiger partial charge in [-0.3, -0.25) is 9.59 Å². The number of benzene rings is 1. The Labute approximate surface area is 115 Å². The molecule has 0 bridgehead atoms. The molecule has 0 spiro atoms. The smallest absolute Gasteiger partial charge is 0.328 e. The van der Waals surface area contributed by atoms with Crippen molar-refractivity contribution in [1.82, 2.24) is 0 Å². The first-order valence-electron chi connectivity index (χ1n) is 6.10. The molecule has 6 heteroatoms. The molecule has 0 aromatic heterocycles. The Morgan fingerprint density at radius 2 is 2.05 bits per heavy atom. The van der Waals surface area contributed by atoms with E-state index in [1.165, 1.54) is 6.92 Å². The number of rotatable bonds is 3. The van der Waals surface area contributed by atoms with Crippen molar-refractivity contribution in [3.8, 4) is 0 Å². The second kappa shape index (κ2) is 5.56. The number of carbonyl (C=O) groups excluding carboxylic acids is 2. The van der Waals surface area contributed by atoms with Gasteiger partial charge < -0.3 is 15.3 Å². The number of carboxylic acid groups (broad SMARTS) is 1. The quantitative estimate of drug-likeness (QED) is 0.810. The highest BCUT2D eigenvalue weighted by atomic mass is 16.4. The molecule has 2 amide bonds. The van der Waals surface area contributed by atoms with Crippen LogP contribution < -0.4 is 10.2 Å². The molecule has 1 heterocycles. The van der Waals surface area contributed by atoms with E-state index in [9.17, 15) is 14.4 Å². The normalized spacial score (nSPS) is 13.3. The van der Waals surface area contributed by atoms with Crippen LogP contribution in [0, 0.1) is 0 Å². The van der Waals surface area contributed by atoms with Crippen molar-refractivity contribution in [2.45, 2.75) is 13.3 Å². The van der Waals surface area contributed by atoms with Crippen molar-refractivity contribution in [2.75, 3.05) is 16.8 Å². The molecule has 2 rings (SSSR count). The fraction of sp³-hybridized carbons (Fsp3) is 0.214. The Morgan fingerprint density at radius 3 is 2.70 bits per heavy atom. The predicted octanol–water partition coefficient (Wildman–Crippen LogP) is 1.17. The van der Waals surface area contributed by atoms with Gasteiger partial charge in [0.25, 0.3) is 0 Å². The van der Waals surface area contributed by atoms with Crippen LogP contribution in [-0.4, -0.2) is 29.4 Å². The molecule has 0 fully saturated rings. The molecule has 20 heavy (non-hydrogen) atoms. The number of hydrogen-bond acceptors (Lipinski definition) is 3. The van der Waals surface area contributed by atoms with Gasteiger partial charge in [-0.2, -0.15) is 0 Å². The fourth-order valence-electron chi connectivity index (χ4n) is 2.14. The van der Waals surface area contributed by atoms with Crippen LogP contribution in [0.1, 0.15) is 12.5 Å². The number of hydrogen-bond donors (Lipinski definition) is 2. The molecule has 1 aromatic carbocycles. The highest BCUT2D eigenvalue weighted by molar-refractivity contribution is 6.02. The summed E-state index contributed by atoms with van der Waals surface area (Å²) in [6.07, 6.45) is 2.47. The molecular formula is C14H14N2O4. The zero-order valence-corrected chi connectivity index (χ0v) is 10.9. The Bertz CT molecular complexity index is 607. The van der Waals surface area contributed by atoms with Crippen LogP contribution in [0.2, 0.25) is 0 Å². The molecule has 0 saturated heterocycles. The minimum absolute atomic E-state index is 0.00933. The number of nitrogens with one attached hydrogen (secondary N) is 1. The largest absolute Gasteiger partial charge is 0.478 e. The highest BCUT2D eigenvalue weighted by Crippen LogP contribution is 2.30. The molecule has 0 radical (unpaired) electrons. The molecule has 0 unspecified atom stereocenters. The van der Waals surface area contributed by atoms with Gasteiger partial charge in [0.05, 0.1) is 0 Å². The maximum atomic E-state index is 11.5. The van der Waals surface area contributed by atoms with Gasteiger partial charge in [-0.15, -0.1) is 0 Å². The molecule has 6 nitrogen and oxygen atoms in total. The number of nitrogens with zero attached hydrogens (tertiary/aromatic N) is 1. The lowest BCUT2D eigenvalue weighted by Crippen LogP contribution is -2.25. The molecule has 0 aliphatic carbocycles. The van der Waals surface area contributed by atoms with Crippen molar-refractivity contribution in [3.63, 3.8) is 0 Å². The lowest BCUT2D eigenvalue weighted by molar-refractivity contribution is -0.131. The summed E-state index contributed by atoms with van der Waals surface area (Å²) in [5, 5.41) is 11.0. The average molecular weight is 274 g/mol. The molecule has 0 saturated carbocycles. The highest BCUT2D eigenvalue weighted by Gasteiger charge is 2.22. The van der Waals surface area contributed by atoms with Crippen LogP contribution in [0.4, 0.5) is 11.4 Å². The Hall–Kier alpha value is -2.63. The van der Waals surface area contributed by atoms with Gasteiger partial charge in [-0.25, -0.2) is 4.79 Å². The van der Waals surface area contributed by atoms with E-state index in [2.05, 4.69) is 5.32 Å². The second-order valence-electron chi connectivity index (χ2n) is 4.42. The van der Waals surface area contributed by atoms with Crippen molar-refractivity contribution >= 4 is 29.2 Å². The van der Waals surface area contributed by atoms with Gasteiger partial charge in [-0.05, 0) is 30.2 Å². The average Bonchev–Trinajstić information content (AvgIpc) is 2.79. The summed E-state index contributed by atoms with van der Waals surface area (Å²) in [5.41, 5.74) is 2.42. The van der Waals surface area contributed by atoms with Gasteiger partial charge in [-0.1, -0.05) is 0 Å². The van der Waals surface area contributed by atoms with E-state index < -0.39 is 11.9 Å².